The van der Waals surface area contributed by atoms with Crippen LogP contribution in [0.3, 0.4) is 0 Å². The van der Waals surface area contributed by atoms with Crippen molar-refractivity contribution in [1.29, 1.82) is 0 Å². The second-order valence-electron chi connectivity index (χ2n) is 4.85. The van der Waals surface area contributed by atoms with Gasteiger partial charge in [-0.05, 0) is 41.3 Å². The first-order valence-corrected chi connectivity index (χ1v) is 7.11. The highest BCUT2D eigenvalue weighted by molar-refractivity contribution is 6.30. The lowest BCUT2D eigenvalue weighted by Crippen LogP contribution is -2.16. The molecule has 0 unspecified atom stereocenters. The average molecular weight is 310 g/mol. The molecule has 3 nitrogen and oxygen atoms in total. The van der Waals surface area contributed by atoms with Gasteiger partial charge >= 0.3 is 0 Å². The van der Waals surface area contributed by atoms with Crippen LogP contribution < -0.4 is 5.56 Å². The minimum absolute atomic E-state index is 0.129. The molecule has 0 saturated heterocycles. The molecule has 0 spiro atoms. The number of ketones is 1. The summed E-state index contributed by atoms with van der Waals surface area (Å²) in [6.45, 7) is 0. The highest BCUT2D eigenvalue weighted by Gasteiger charge is 2.08. The van der Waals surface area contributed by atoms with Gasteiger partial charge in [0.1, 0.15) is 0 Å². The maximum absolute atomic E-state index is 12.2. The summed E-state index contributed by atoms with van der Waals surface area (Å²) in [6.07, 6.45) is 3.05. The molecular formula is C18H12ClNO2. The van der Waals surface area contributed by atoms with Crippen molar-refractivity contribution in [3.8, 4) is 0 Å². The lowest BCUT2D eigenvalue weighted by molar-refractivity contribution is 0.104. The number of carbonyl (C=O) groups excluding carboxylic acids is 1. The fraction of sp³-hybridized carbons (Fsp3) is 0. The van der Waals surface area contributed by atoms with E-state index in [2.05, 4.69) is 4.98 Å². The predicted octanol–water partition coefficient (Wildman–Crippen LogP) is 4.08. The third-order valence-corrected chi connectivity index (χ3v) is 3.57. The Kier molecular flexibility index (Phi) is 3.90. The number of para-hydroxylation sites is 1. The van der Waals surface area contributed by atoms with Crippen LogP contribution in [-0.2, 0) is 0 Å². The molecule has 1 heterocycles. The molecule has 0 radical (unpaired) electrons. The summed E-state index contributed by atoms with van der Waals surface area (Å²) >= 11 is 5.81. The Morgan fingerprint density at radius 3 is 2.55 bits per heavy atom. The van der Waals surface area contributed by atoms with Crippen LogP contribution in [0.5, 0.6) is 0 Å². The molecule has 22 heavy (non-hydrogen) atoms. The molecule has 3 aromatic rings. The number of aromatic amines is 1. The first-order valence-electron chi connectivity index (χ1n) is 6.73. The fourth-order valence-electron chi connectivity index (χ4n) is 2.17. The van der Waals surface area contributed by atoms with Gasteiger partial charge in [-0.2, -0.15) is 0 Å². The zero-order chi connectivity index (χ0) is 15.5. The number of fused-ring (bicyclic) bond motifs is 1. The Morgan fingerprint density at radius 1 is 1.05 bits per heavy atom. The number of nitrogens with one attached hydrogen (secondary N) is 1. The van der Waals surface area contributed by atoms with Crippen LogP contribution in [0, 0.1) is 0 Å². The van der Waals surface area contributed by atoms with Gasteiger partial charge in [-0.3, -0.25) is 9.59 Å². The Balaban J connectivity index is 1.93. The van der Waals surface area contributed by atoms with Crippen LogP contribution in [0.15, 0.2) is 65.5 Å². The molecule has 0 aliphatic carbocycles. The van der Waals surface area contributed by atoms with Crippen molar-refractivity contribution < 1.29 is 4.79 Å². The largest absolute Gasteiger partial charge is 0.321 e. The number of rotatable bonds is 3. The fourth-order valence-corrected chi connectivity index (χ4v) is 2.29. The molecule has 1 aromatic heterocycles. The van der Waals surface area contributed by atoms with E-state index in [1.54, 1.807) is 42.5 Å². The molecule has 0 saturated carbocycles. The van der Waals surface area contributed by atoms with Crippen LogP contribution in [0.25, 0.3) is 17.0 Å². The summed E-state index contributed by atoms with van der Waals surface area (Å²) in [5.74, 6) is -0.332. The maximum Gasteiger partial charge on any atom is 0.259 e. The number of allylic oxidation sites excluding steroid dienone is 1. The quantitative estimate of drug-likeness (QED) is 0.585. The van der Waals surface area contributed by atoms with Crippen molar-refractivity contribution in [2.24, 2.45) is 0 Å². The maximum atomic E-state index is 12.2. The molecule has 1 N–H and O–H groups in total. The van der Waals surface area contributed by atoms with Gasteiger partial charge in [0.25, 0.3) is 5.56 Å². The van der Waals surface area contributed by atoms with Crippen molar-refractivity contribution in [2.75, 3.05) is 0 Å². The van der Waals surface area contributed by atoms with Crippen LogP contribution >= 0.6 is 11.6 Å². The number of aromatic nitrogens is 1. The summed E-state index contributed by atoms with van der Waals surface area (Å²) in [5, 5.41) is 1.46. The predicted molar refractivity (Wildman–Crippen MR) is 89.4 cm³/mol. The van der Waals surface area contributed by atoms with Gasteiger partial charge in [0.15, 0.2) is 5.78 Å². The summed E-state index contributed by atoms with van der Waals surface area (Å²) in [7, 11) is 0. The standard InChI is InChI=1S/C18H12ClNO2/c19-14-8-5-12(6-9-14)7-10-17(21)15-11-13-3-1-2-4-16(13)20-18(15)22/h1-11H,(H,20,22)/b10-7+. The molecule has 108 valence electrons. The second-order valence-corrected chi connectivity index (χ2v) is 5.28. The van der Waals surface area contributed by atoms with Gasteiger partial charge in [0.05, 0.1) is 5.56 Å². The van der Waals surface area contributed by atoms with Gasteiger partial charge in [-0.25, -0.2) is 0 Å². The van der Waals surface area contributed by atoms with E-state index in [0.717, 1.165) is 10.9 Å². The molecular weight excluding hydrogens is 298 g/mol. The SMILES string of the molecule is O=C(/C=C/c1ccc(Cl)cc1)c1cc2ccccc2[nH]c1=O. The number of benzene rings is 2. The van der Waals surface area contributed by atoms with Gasteiger partial charge < -0.3 is 4.98 Å². The van der Waals surface area contributed by atoms with Crippen molar-refractivity contribution >= 4 is 34.4 Å². The Labute approximate surface area is 131 Å². The van der Waals surface area contributed by atoms with Gasteiger partial charge in [-0.15, -0.1) is 0 Å². The number of H-pyrrole nitrogens is 1. The molecule has 0 bridgehead atoms. The van der Waals surface area contributed by atoms with E-state index in [-0.39, 0.29) is 16.9 Å². The molecule has 3 rings (SSSR count). The zero-order valence-electron chi connectivity index (χ0n) is 11.5. The lowest BCUT2D eigenvalue weighted by atomic mass is 10.1. The van der Waals surface area contributed by atoms with E-state index in [0.29, 0.717) is 10.5 Å². The minimum Gasteiger partial charge on any atom is -0.321 e. The van der Waals surface area contributed by atoms with E-state index in [1.807, 2.05) is 18.2 Å². The second kappa shape index (κ2) is 6.00. The first-order chi connectivity index (χ1) is 10.6. The van der Waals surface area contributed by atoms with Gasteiger partial charge in [-0.1, -0.05) is 48.0 Å². The van der Waals surface area contributed by atoms with Crippen molar-refractivity contribution in [1.82, 2.24) is 4.98 Å². The Bertz CT molecular complexity index is 924. The van der Waals surface area contributed by atoms with Crippen LogP contribution in [-0.4, -0.2) is 10.8 Å². The van der Waals surface area contributed by atoms with Gasteiger partial charge in [0.2, 0.25) is 0 Å². The van der Waals surface area contributed by atoms with E-state index >= 15 is 0 Å². The molecule has 0 fully saturated rings. The van der Waals surface area contributed by atoms with Crippen LogP contribution in [0.1, 0.15) is 15.9 Å². The van der Waals surface area contributed by atoms with E-state index in [9.17, 15) is 9.59 Å². The highest BCUT2D eigenvalue weighted by Crippen LogP contribution is 2.13. The molecule has 2 aromatic carbocycles. The van der Waals surface area contributed by atoms with Crippen LogP contribution in [0.2, 0.25) is 5.02 Å². The van der Waals surface area contributed by atoms with E-state index < -0.39 is 0 Å². The average Bonchev–Trinajstić information content (AvgIpc) is 2.53. The summed E-state index contributed by atoms with van der Waals surface area (Å²) < 4.78 is 0. The third-order valence-electron chi connectivity index (χ3n) is 3.32. The molecule has 4 heteroatoms. The molecule has 0 aliphatic rings. The third kappa shape index (κ3) is 3.00. The number of pyridine rings is 1. The number of hydrogen-bond donors (Lipinski definition) is 1. The monoisotopic (exact) mass is 309 g/mol. The molecule has 0 aliphatic heterocycles. The smallest absolute Gasteiger partial charge is 0.259 e. The van der Waals surface area contributed by atoms with Crippen molar-refractivity contribution in [3.05, 3.63) is 87.2 Å². The van der Waals surface area contributed by atoms with Crippen molar-refractivity contribution in [3.63, 3.8) is 0 Å². The minimum atomic E-state index is -0.385. The topological polar surface area (TPSA) is 49.9 Å². The molecule has 0 atom stereocenters. The van der Waals surface area contributed by atoms with Crippen LogP contribution in [0.4, 0.5) is 0 Å². The normalized spacial score (nSPS) is 11.1. The summed E-state index contributed by atoms with van der Waals surface area (Å²) in [6, 6.07) is 16.1. The molecule has 0 amide bonds. The van der Waals surface area contributed by atoms with E-state index in [1.165, 1.54) is 6.08 Å². The highest BCUT2D eigenvalue weighted by atomic mass is 35.5. The number of hydrogen-bond acceptors (Lipinski definition) is 2. The van der Waals surface area contributed by atoms with Gasteiger partial charge in [0, 0.05) is 10.5 Å². The number of halogens is 1. The van der Waals surface area contributed by atoms with Crippen molar-refractivity contribution in [2.45, 2.75) is 0 Å². The number of carbonyl (C=O) groups is 1. The lowest BCUT2D eigenvalue weighted by Gasteiger charge is -2.00. The Hall–Kier alpha value is -2.65. The zero-order valence-corrected chi connectivity index (χ0v) is 12.3. The summed E-state index contributed by atoms with van der Waals surface area (Å²) in [4.78, 5) is 26.9. The van der Waals surface area contributed by atoms with E-state index in [4.69, 9.17) is 11.6 Å². The Morgan fingerprint density at radius 2 is 1.77 bits per heavy atom. The first kappa shape index (κ1) is 14.3. The summed E-state index contributed by atoms with van der Waals surface area (Å²) in [5.41, 5.74) is 1.30.